The zero-order chi connectivity index (χ0) is 34.5. The zero-order valence-electron chi connectivity index (χ0n) is 25.3. The Morgan fingerprint density at radius 1 is 0.938 bits per heavy atom. The number of rotatable bonds is 8. The first kappa shape index (κ1) is 32.5. The molecule has 6 aromatic rings. The summed E-state index contributed by atoms with van der Waals surface area (Å²) in [6.07, 6.45) is -3.73. The Morgan fingerprint density at radius 2 is 1.65 bits per heavy atom. The van der Waals surface area contributed by atoms with E-state index in [0.29, 0.717) is 5.56 Å². The molecule has 15 heteroatoms. The third-order valence-electron chi connectivity index (χ3n) is 7.49. The lowest BCUT2D eigenvalue weighted by molar-refractivity contribution is -0.153. The first-order valence-corrected chi connectivity index (χ1v) is 15.9. The molecule has 4 aromatic carbocycles. The number of hydrogen-bond donors (Lipinski definition) is 1. The van der Waals surface area contributed by atoms with Gasteiger partial charge < -0.3 is 18.9 Å². The number of sulfonamides is 1. The predicted molar refractivity (Wildman–Crippen MR) is 168 cm³/mol. The summed E-state index contributed by atoms with van der Waals surface area (Å²) in [5.41, 5.74) is 0.832. The number of hydrogen-bond acceptors (Lipinski definition) is 7. The van der Waals surface area contributed by atoms with Crippen LogP contribution < -0.4 is 14.4 Å². The fraction of sp³-hybridized carbons (Fsp3) is 0.152. The standard InChI is InChI=1S/C33H24F5N3O6S/c1-39-31(42)28-21-14-20(24(41(2)48(3,43)44)15-27(21)46-30(28)17-7-10-19(34)11-8-17)18-9-12-25(45-16-33(36,37)38)22(13-18)32-40-29-23(35)5-4-6-26(29)47-32/h4-15H,16H2,1-3H3,(H,39,42). The van der Waals surface area contributed by atoms with Gasteiger partial charge in [0.2, 0.25) is 15.9 Å². The average molecular weight is 686 g/mol. The van der Waals surface area contributed by atoms with Crippen molar-refractivity contribution in [3.05, 3.63) is 90.0 Å². The Hall–Kier alpha value is -5.44. The van der Waals surface area contributed by atoms with E-state index in [1.807, 2.05) is 0 Å². The largest absolute Gasteiger partial charge is 0.483 e. The molecule has 0 radical (unpaired) electrons. The number of para-hydroxylation sites is 1. The normalized spacial score (nSPS) is 12.1. The van der Waals surface area contributed by atoms with E-state index in [9.17, 15) is 35.2 Å². The molecule has 0 saturated heterocycles. The number of nitrogens with zero attached hydrogens (tertiary/aromatic N) is 2. The van der Waals surface area contributed by atoms with Crippen molar-refractivity contribution in [1.29, 1.82) is 0 Å². The quantitative estimate of drug-likeness (QED) is 0.165. The molecule has 0 fully saturated rings. The van der Waals surface area contributed by atoms with Gasteiger partial charge in [-0.2, -0.15) is 13.2 Å². The van der Waals surface area contributed by atoms with Crippen molar-refractivity contribution in [3.8, 4) is 39.7 Å². The Balaban J connectivity index is 1.63. The van der Waals surface area contributed by atoms with E-state index in [-0.39, 0.29) is 67.4 Å². The molecule has 0 spiro atoms. The van der Waals surface area contributed by atoms with E-state index >= 15 is 0 Å². The van der Waals surface area contributed by atoms with Gasteiger partial charge in [0, 0.05) is 36.7 Å². The minimum atomic E-state index is -4.69. The van der Waals surface area contributed by atoms with Crippen molar-refractivity contribution in [2.45, 2.75) is 6.18 Å². The number of amides is 1. The molecule has 9 nitrogen and oxygen atoms in total. The van der Waals surface area contributed by atoms with E-state index in [1.54, 1.807) is 0 Å². The number of furan rings is 1. The van der Waals surface area contributed by atoms with E-state index in [0.717, 1.165) is 16.6 Å². The molecule has 48 heavy (non-hydrogen) atoms. The van der Waals surface area contributed by atoms with Crippen LogP contribution in [0.2, 0.25) is 0 Å². The van der Waals surface area contributed by atoms with Crippen molar-refractivity contribution in [3.63, 3.8) is 0 Å². The minimum Gasteiger partial charge on any atom is -0.483 e. The third kappa shape index (κ3) is 6.15. The zero-order valence-corrected chi connectivity index (χ0v) is 26.1. The third-order valence-corrected chi connectivity index (χ3v) is 8.68. The van der Waals surface area contributed by atoms with Crippen LogP contribution in [0.15, 0.2) is 81.6 Å². The van der Waals surface area contributed by atoms with Crippen molar-refractivity contribution in [1.82, 2.24) is 10.3 Å². The Bertz CT molecular complexity index is 2320. The summed E-state index contributed by atoms with van der Waals surface area (Å²) in [4.78, 5) is 17.4. The fourth-order valence-corrected chi connectivity index (χ4v) is 5.65. The Morgan fingerprint density at radius 3 is 2.29 bits per heavy atom. The lowest BCUT2D eigenvalue weighted by Gasteiger charge is -2.21. The molecule has 0 aliphatic rings. The summed E-state index contributed by atoms with van der Waals surface area (Å²) in [5, 5.41) is 2.79. The fourth-order valence-electron chi connectivity index (χ4n) is 5.14. The van der Waals surface area contributed by atoms with E-state index in [2.05, 4.69) is 10.3 Å². The highest BCUT2D eigenvalue weighted by Gasteiger charge is 2.30. The van der Waals surface area contributed by atoms with Gasteiger partial charge in [-0.25, -0.2) is 22.2 Å². The molecule has 0 aliphatic heterocycles. The van der Waals surface area contributed by atoms with E-state index < -0.39 is 40.3 Å². The predicted octanol–water partition coefficient (Wildman–Crippen LogP) is 7.55. The highest BCUT2D eigenvalue weighted by atomic mass is 32.2. The topological polar surface area (TPSA) is 115 Å². The summed E-state index contributed by atoms with van der Waals surface area (Å²) in [5.74, 6) is -2.28. The highest BCUT2D eigenvalue weighted by Crippen LogP contribution is 2.44. The number of benzene rings is 4. The minimum absolute atomic E-state index is 0.0260. The van der Waals surface area contributed by atoms with Crippen LogP contribution in [0.1, 0.15) is 10.4 Å². The van der Waals surface area contributed by atoms with Gasteiger partial charge in [-0.05, 0) is 60.2 Å². The second-order valence-electron chi connectivity index (χ2n) is 10.7. The van der Waals surface area contributed by atoms with Crippen LogP contribution in [0, 0.1) is 11.6 Å². The molecular formula is C33H24F5N3O6S. The molecule has 1 amide bonds. The number of carbonyl (C=O) groups excluding carboxylic acids is 1. The summed E-state index contributed by atoms with van der Waals surface area (Å²) in [6, 6.07) is 16.0. The lowest BCUT2D eigenvalue weighted by Crippen LogP contribution is -2.25. The van der Waals surface area contributed by atoms with Gasteiger partial charge in [0.15, 0.2) is 18.0 Å². The number of anilines is 1. The highest BCUT2D eigenvalue weighted by molar-refractivity contribution is 7.92. The number of halogens is 5. The van der Waals surface area contributed by atoms with Crippen LogP contribution in [0.25, 0.3) is 56.0 Å². The second-order valence-corrected chi connectivity index (χ2v) is 12.7. The van der Waals surface area contributed by atoms with Crippen LogP contribution in [0.5, 0.6) is 5.75 Å². The molecule has 0 saturated carbocycles. The number of aromatic nitrogens is 1. The van der Waals surface area contributed by atoms with Gasteiger partial charge >= 0.3 is 6.18 Å². The number of oxazole rings is 1. The van der Waals surface area contributed by atoms with Crippen LogP contribution >= 0.6 is 0 Å². The van der Waals surface area contributed by atoms with Gasteiger partial charge in [-0.15, -0.1) is 0 Å². The van der Waals surface area contributed by atoms with Crippen molar-refractivity contribution in [2.24, 2.45) is 0 Å². The average Bonchev–Trinajstić information content (AvgIpc) is 3.64. The summed E-state index contributed by atoms with van der Waals surface area (Å²) >= 11 is 0. The van der Waals surface area contributed by atoms with Gasteiger partial charge in [0.1, 0.15) is 28.4 Å². The maximum Gasteiger partial charge on any atom is 0.422 e. The number of alkyl halides is 3. The summed E-state index contributed by atoms with van der Waals surface area (Å²) in [7, 11) is -1.22. The monoisotopic (exact) mass is 685 g/mol. The molecule has 248 valence electrons. The van der Waals surface area contributed by atoms with Crippen LogP contribution in [-0.2, 0) is 10.0 Å². The van der Waals surface area contributed by atoms with Gasteiger partial charge in [0.05, 0.1) is 23.1 Å². The number of carbonyl (C=O) groups is 1. The van der Waals surface area contributed by atoms with Crippen LogP contribution in [0.4, 0.5) is 27.6 Å². The van der Waals surface area contributed by atoms with Crippen molar-refractivity contribution < 1.29 is 48.7 Å². The molecule has 6 rings (SSSR count). The maximum absolute atomic E-state index is 14.5. The molecule has 0 unspecified atom stereocenters. The molecular weight excluding hydrogens is 661 g/mol. The first-order chi connectivity index (χ1) is 22.6. The first-order valence-electron chi connectivity index (χ1n) is 14.1. The van der Waals surface area contributed by atoms with Gasteiger partial charge in [-0.1, -0.05) is 12.1 Å². The van der Waals surface area contributed by atoms with E-state index in [1.165, 1.54) is 80.8 Å². The Labute approximate surface area is 269 Å². The van der Waals surface area contributed by atoms with Crippen molar-refractivity contribution >= 4 is 43.7 Å². The summed E-state index contributed by atoms with van der Waals surface area (Å²) < 4.78 is 111. The van der Waals surface area contributed by atoms with Crippen LogP contribution in [0.3, 0.4) is 0 Å². The number of fused-ring (bicyclic) bond motifs is 2. The SMILES string of the molecule is CNC(=O)c1c(-c2ccc(F)cc2)oc2cc(N(C)S(C)(=O)=O)c(-c3ccc(OCC(F)(F)F)c(-c4nc5c(F)cccc5o4)c3)cc12. The molecule has 1 N–H and O–H groups in total. The molecule has 0 atom stereocenters. The Kier molecular flexibility index (Phi) is 8.11. The smallest absolute Gasteiger partial charge is 0.422 e. The molecule has 0 aliphatic carbocycles. The molecule has 2 heterocycles. The second kappa shape index (κ2) is 12.0. The molecule has 2 aromatic heterocycles. The van der Waals surface area contributed by atoms with Crippen molar-refractivity contribution in [2.75, 3.05) is 31.3 Å². The van der Waals surface area contributed by atoms with Crippen LogP contribution in [-0.4, -0.2) is 52.4 Å². The number of nitrogens with one attached hydrogen (secondary N) is 1. The lowest BCUT2D eigenvalue weighted by atomic mass is 9.97. The molecule has 0 bridgehead atoms. The maximum atomic E-state index is 14.5. The number of ether oxygens (including phenoxy) is 1. The van der Waals surface area contributed by atoms with E-state index in [4.69, 9.17) is 13.6 Å². The van der Waals surface area contributed by atoms with Gasteiger partial charge in [0.25, 0.3) is 5.91 Å². The summed E-state index contributed by atoms with van der Waals surface area (Å²) in [6.45, 7) is -1.65. The van der Waals surface area contributed by atoms with Gasteiger partial charge in [-0.3, -0.25) is 9.10 Å².